The molecule has 4 aromatic rings. The van der Waals surface area contributed by atoms with Crippen LogP contribution in [0.3, 0.4) is 0 Å². The first kappa shape index (κ1) is 23.0. The van der Waals surface area contributed by atoms with Crippen molar-refractivity contribution in [3.05, 3.63) is 113 Å². The van der Waals surface area contributed by atoms with Crippen molar-refractivity contribution in [2.24, 2.45) is 4.99 Å². The summed E-state index contributed by atoms with van der Waals surface area (Å²) in [5.74, 6) is 0.192. The summed E-state index contributed by atoms with van der Waals surface area (Å²) >= 11 is 2.78. The molecule has 5 rings (SSSR count). The summed E-state index contributed by atoms with van der Waals surface area (Å²) in [4.78, 5) is 33.3. The molecule has 0 aliphatic carbocycles. The van der Waals surface area contributed by atoms with E-state index < -0.39 is 12.0 Å². The smallest absolute Gasteiger partial charge is 0.338 e. The molecule has 0 amide bonds. The Morgan fingerprint density at radius 2 is 1.86 bits per heavy atom. The van der Waals surface area contributed by atoms with Gasteiger partial charge in [0.1, 0.15) is 11.8 Å². The van der Waals surface area contributed by atoms with Gasteiger partial charge >= 0.3 is 5.97 Å². The van der Waals surface area contributed by atoms with Gasteiger partial charge in [-0.25, -0.2) is 9.79 Å². The Kier molecular flexibility index (Phi) is 6.48. The lowest BCUT2D eigenvalue weighted by molar-refractivity contribution is -0.138. The summed E-state index contributed by atoms with van der Waals surface area (Å²) < 4.78 is 13.0. The Morgan fingerprint density at radius 1 is 1.09 bits per heavy atom. The first-order valence-electron chi connectivity index (χ1n) is 11.1. The molecule has 1 aliphatic heterocycles. The van der Waals surface area contributed by atoms with Crippen molar-refractivity contribution in [1.82, 2.24) is 4.57 Å². The first-order valence-corrected chi connectivity index (χ1v) is 12.8. The second-order valence-corrected chi connectivity index (χ2v) is 9.68. The number of benzene rings is 2. The molecule has 1 atom stereocenters. The number of para-hydroxylation sites is 1. The highest BCUT2D eigenvalue weighted by atomic mass is 32.1. The zero-order valence-corrected chi connectivity index (χ0v) is 20.8. The molecule has 3 heterocycles. The Balaban J connectivity index is 1.82. The van der Waals surface area contributed by atoms with Crippen LogP contribution >= 0.6 is 22.7 Å². The molecule has 2 aromatic heterocycles. The molecule has 0 saturated carbocycles. The Bertz CT molecular complexity index is 1580. The van der Waals surface area contributed by atoms with Crippen molar-refractivity contribution in [2.75, 3.05) is 13.7 Å². The summed E-state index contributed by atoms with van der Waals surface area (Å²) in [7, 11) is 1.60. The van der Waals surface area contributed by atoms with Crippen LogP contribution in [0.15, 0.2) is 87.5 Å². The lowest BCUT2D eigenvalue weighted by Crippen LogP contribution is -2.39. The van der Waals surface area contributed by atoms with E-state index in [1.54, 1.807) is 18.6 Å². The average molecular weight is 503 g/mol. The number of thiazole rings is 1. The zero-order valence-electron chi connectivity index (χ0n) is 19.1. The number of thiophene rings is 1. The predicted octanol–water partition coefficient (Wildman–Crippen LogP) is 4.01. The maximum atomic E-state index is 13.8. The monoisotopic (exact) mass is 502 g/mol. The van der Waals surface area contributed by atoms with Gasteiger partial charge in [0.05, 0.1) is 29.5 Å². The van der Waals surface area contributed by atoms with E-state index >= 15 is 0 Å². The van der Waals surface area contributed by atoms with Crippen molar-refractivity contribution in [1.29, 1.82) is 0 Å². The number of carbonyl (C=O) groups is 1. The van der Waals surface area contributed by atoms with E-state index in [1.807, 2.05) is 78.2 Å². The second-order valence-electron chi connectivity index (χ2n) is 7.69. The van der Waals surface area contributed by atoms with E-state index in [9.17, 15) is 9.59 Å². The lowest BCUT2D eigenvalue weighted by atomic mass is 9.97. The SMILES string of the molecule is CCOC(=O)C1=C(c2ccccc2)N=c2s/c(=C\c3ccccc3OC)c(=O)n2[C@H]1c1cccs1. The molecule has 6 nitrogen and oxygen atoms in total. The molecule has 0 spiro atoms. The third-order valence-electron chi connectivity index (χ3n) is 5.61. The quantitative estimate of drug-likeness (QED) is 0.374. The Hall–Kier alpha value is -3.75. The highest BCUT2D eigenvalue weighted by Crippen LogP contribution is 2.36. The molecule has 0 saturated heterocycles. The van der Waals surface area contributed by atoms with Gasteiger partial charge in [-0.15, -0.1) is 11.3 Å². The minimum Gasteiger partial charge on any atom is -0.496 e. The summed E-state index contributed by atoms with van der Waals surface area (Å²) in [5, 5.41) is 1.94. The molecule has 2 aromatic carbocycles. The van der Waals surface area contributed by atoms with Crippen molar-refractivity contribution in [3.63, 3.8) is 0 Å². The maximum Gasteiger partial charge on any atom is 0.338 e. The molecule has 0 N–H and O–H groups in total. The van der Waals surface area contributed by atoms with Gasteiger partial charge in [-0.1, -0.05) is 65.9 Å². The third-order valence-corrected chi connectivity index (χ3v) is 7.52. The minimum atomic E-state index is -0.639. The van der Waals surface area contributed by atoms with E-state index in [1.165, 1.54) is 22.7 Å². The van der Waals surface area contributed by atoms with Gasteiger partial charge in [0.15, 0.2) is 4.80 Å². The van der Waals surface area contributed by atoms with Crippen LogP contribution in [-0.4, -0.2) is 24.3 Å². The molecule has 8 heteroatoms. The number of rotatable bonds is 6. The van der Waals surface area contributed by atoms with E-state index in [0.717, 1.165) is 16.0 Å². The molecule has 176 valence electrons. The molecule has 0 radical (unpaired) electrons. The standard InChI is InChI=1S/C27H22N2O4S2/c1-3-33-26(31)22-23(17-10-5-4-6-11-17)28-27-29(24(22)20-14-9-15-34-20)25(30)21(35-27)16-18-12-7-8-13-19(18)32-2/h4-16,24H,3H2,1-2H3/b21-16-/t24-/m0/s1. The molecule has 0 fully saturated rings. The van der Waals surface area contributed by atoms with Crippen molar-refractivity contribution < 1.29 is 14.3 Å². The number of aromatic nitrogens is 1. The van der Waals surface area contributed by atoms with Crippen LogP contribution in [0, 0.1) is 0 Å². The zero-order chi connectivity index (χ0) is 24.4. The molecular formula is C27H22N2O4S2. The van der Waals surface area contributed by atoms with Crippen molar-refractivity contribution >= 4 is 40.4 Å². The number of carbonyl (C=O) groups excluding carboxylic acids is 1. The van der Waals surface area contributed by atoms with Crippen LogP contribution < -0.4 is 19.6 Å². The minimum absolute atomic E-state index is 0.216. The van der Waals surface area contributed by atoms with Crippen LogP contribution in [0.5, 0.6) is 5.75 Å². The van der Waals surface area contributed by atoms with E-state index in [4.69, 9.17) is 14.5 Å². The van der Waals surface area contributed by atoms with Crippen LogP contribution in [-0.2, 0) is 9.53 Å². The fourth-order valence-electron chi connectivity index (χ4n) is 4.08. The van der Waals surface area contributed by atoms with Crippen LogP contribution in [0.25, 0.3) is 11.8 Å². The number of fused-ring (bicyclic) bond motifs is 1. The maximum absolute atomic E-state index is 13.8. The first-order chi connectivity index (χ1) is 17.1. The molecule has 0 bridgehead atoms. The van der Waals surface area contributed by atoms with Gasteiger partial charge in [0, 0.05) is 16.0 Å². The summed E-state index contributed by atoms with van der Waals surface area (Å²) in [5.41, 5.74) is 2.25. The second kappa shape index (κ2) is 9.85. The van der Waals surface area contributed by atoms with Gasteiger partial charge in [-0.05, 0) is 30.5 Å². The molecule has 1 aliphatic rings. The number of esters is 1. The number of hydrogen-bond acceptors (Lipinski definition) is 7. The highest BCUT2D eigenvalue weighted by Gasteiger charge is 2.35. The number of hydrogen-bond donors (Lipinski definition) is 0. The molecule has 0 unspecified atom stereocenters. The van der Waals surface area contributed by atoms with Gasteiger partial charge < -0.3 is 9.47 Å². The van der Waals surface area contributed by atoms with E-state index in [-0.39, 0.29) is 12.2 Å². The normalized spacial score (nSPS) is 15.5. The van der Waals surface area contributed by atoms with Gasteiger partial charge in [0.2, 0.25) is 0 Å². The van der Waals surface area contributed by atoms with Crippen LogP contribution in [0.2, 0.25) is 0 Å². The fourth-order valence-corrected chi connectivity index (χ4v) is 5.90. The lowest BCUT2D eigenvalue weighted by Gasteiger charge is -2.24. The largest absolute Gasteiger partial charge is 0.496 e. The number of ether oxygens (including phenoxy) is 2. The Morgan fingerprint density at radius 3 is 2.57 bits per heavy atom. The molecule has 35 heavy (non-hydrogen) atoms. The van der Waals surface area contributed by atoms with E-state index in [0.29, 0.717) is 26.4 Å². The number of methoxy groups -OCH3 is 1. The van der Waals surface area contributed by atoms with Crippen LogP contribution in [0.1, 0.15) is 29.0 Å². The van der Waals surface area contributed by atoms with E-state index in [2.05, 4.69) is 0 Å². The summed E-state index contributed by atoms with van der Waals surface area (Å²) in [6.07, 6.45) is 1.81. The topological polar surface area (TPSA) is 69.9 Å². The summed E-state index contributed by atoms with van der Waals surface area (Å²) in [6, 6.07) is 20.3. The average Bonchev–Trinajstić information content (AvgIpc) is 3.52. The highest BCUT2D eigenvalue weighted by molar-refractivity contribution is 7.10. The summed E-state index contributed by atoms with van der Waals surface area (Å²) in [6.45, 7) is 1.99. The van der Waals surface area contributed by atoms with Crippen molar-refractivity contribution in [2.45, 2.75) is 13.0 Å². The van der Waals surface area contributed by atoms with Crippen LogP contribution in [0.4, 0.5) is 0 Å². The van der Waals surface area contributed by atoms with Crippen molar-refractivity contribution in [3.8, 4) is 5.75 Å². The van der Waals surface area contributed by atoms with Gasteiger partial charge in [-0.2, -0.15) is 0 Å². The fraction of sp³-hybridized carbons (Fsp3) is 0.148. The predicted molar refractivity (Wildman–Crippen MR) is 138 cm³/mol. The number of nitrogens with zero attached hydrogens (tertiary/aromatic N) is 2. The van der Waals surface area contributed by atoms with Gasteiger partial charge in [0.25, 0.3) is 5.56 Å². The molecular weight excluding hydrogens is 480 g/mol. The Labute approximate surface area is 209 Å². The van der Waals surface area contributed by atoms with Gasteiger partial charge in [-0.3, -0.25) is 9.36 Å². The third kappa shape index (κ3) is 4.26.